The molecule has 0 aromatic heterocycles. The molecule has 0 heterocycles. The molecule has 2 aliphatic rings. The zero-order valence-electron chi connectivity index (χ0n) is 7.99. The quantitative estimate of drug-likeness (QED) is 0.657. The number of rotatable bonds is 0. The molecule has 1 aromatic carbocycles. The molecule has 3 rings (SSSR count). The SMILES string of the molecule is Cc1cccc2c1C1CC2C(O)=C1O. The molecular formula is C12H12O2. The second-order valence-corrected chi connectivity index (χ2v) is 4.19. The summed E-state index contributed by atoms with van der Waals surface area (Å²) in [4.78, 5) is 0. The molecular weight excluding hydrogens is 176 g/mol. The van der Waals surface area contributed by atoms with E-state index in [-0.39, 0.29) is 23.4 Å². The van der Waals surface area contributed by atoms with Crippen LogP contribution < -0.4 is 0 Å². The average molecular weight is 188 g/mol. The lowest BCUT2D eigenvalue weighted by atomic mass is 9.91. The zero-order chi connectivity index (χ0) is 9.87. The van der Waals surface area contributed by atoms with E-state index < -0.39 is 0 Å². The van der Waals surface area contributed by atoms with E-state index in [2.05, 4.69) is 19.1 Å². The number of hydrogen-bond donors (Lipinski definition) is 2. The van der Waals surface area contributed by atoms with Gasteiger partial charge in [0.15, 0.2) is 0 Å². The monoisotopic (exact) mass is 188 g/mol. The predicted octanol–water partition coefficient (Wildman–Crippen LogP) is 2.91. The highest BCUT2D eigenvalue weighted by Crippen LogP contribution is 2.55. The van der Waals surface area contributed by atoms with Crippen molar-refractivity contribution in [3.05, 3.63) is 46.4 Å². The summed E-state index contributed by atoms with van der Waals surface area (Å²) in [5.41, 5.74) is 3.65. The lowest BCUT2D eigenvalue weighted by Crippen LogP contribution is -2.05. The lowest BCUT2D eigenvalue weighted by molar-refractivity contribution is 0.309. The smallest absolute Gasteiger partial charge is 0.138 e. The molecule has 0 radical (unpaired) electrons. The fourth-order valence-electron chi connectivity index (χ4n) is 2.83. The van der Waals surface area contributed by atoms with E-state index in [1.54, 1.807) is 0 Å². The van der Waals surface area contributed by atoms with Crippen molar-refractivity contribution in [2.75, 3.05) is 0 Å². The molecule has 0 spiro atoms. The van der Waals surface area contributed by atoms with Gasteiger partial charge in [-0.25, -0.2) is 0 Å². The van der Waals surface area contributed by atoms with E-state index in [4.69, 9.17) is 0 Å². The maximum absolute atomic E-state index is 9.69. The highest BCUT2D eigenvalue weighted by Gasteiger charge is 2.44. The van der Waals surface area contributed by atoms with Crippen LogP contribution in [0.4, 0.5) is 0 Å². The summed E-state index contributed by atoms with van der Waals surface area (Å²) in [5.74, 6) is 0.482. The molecule has 72 valence electrons. The van der Waals surface area contributed by atoms with E-state index in [1.165, 1.54) is 16.7 Å². The first-order valence-electron chi connectivity index (χ1n) is 4.91. The Balaban J connectivity index is 2.26. The van der Waals surface area contributed by atoms with Gasteiger partial charge in [0.1, 0.15) is 11.5 Å². The maximum Gasteiger partial charge on any atom is 0.138 e. The Hall–Kier alpha value is -1.44. The Morgan fingerprint density at radius 2 is 1.86 bits per heavy atom. The molecule has 1 aromatic rings. The van der Waals surface area contributed by atoms with Crippen LogP contribution in [0.1, 0.15) is 34.9 Å². The second-order valence-electron chi connectivity index (χ2n) is 4.19. The minimum Gasteiger partial charge on any atom is -0.508 e. The van der Waals surface area contributed by atoms with E-state index >= 15 is 0 Å². The number of benzene rings is 1. The van der Waals surface area contributed by atoms with Gasteiger partial charge in [-0.2, -0.15) is 0 Å². The van der Waals surface area contributed by atoms with E-state index in [1.807, 2.05) is 6.07 Å². The summed E-state index contributed by atoms with van der Waals surface area (Å²) in [6.07, 6.45) is 0.845. The molecule has 0 amide bonds. The third-order valence-electron chi connectivity index (χ3n) is 3.48. The van der Waals surface area contributed by atoms with Gasteiger partial charge in [0.25, 0.3) is 0 Å². The highest BCUT2D eigenvalue weighted by molar-refractivity contribution is 5.54. The number of allylic oxidation sites excluding steroid dienone is 2. The first-order valence-corrected chi connectivity index (χ1v) is 4.91. The largest absolute Gasteiger partial charge is 0.508 e. The van der Waals surface area contributed by atoms with Crippen molar-refractivity contribution in [2.45, 2.75) is 25.2 Å². The number of hydrogen-bond acceptors (Lipinski definition) is 2. The Bertz CT molecular complexity index is 446. The average Bonchev–Trinajstić information content (AvgIpc) is 2.67. The van der Waals surface area contributed by atoms with Gasteiger partial charge < -0.3 is 10.2 Å². The molecule has 2 unspecified atom stereocenters. The minimum absolute atomic E-state index is 0.0508. The molecule has 2 atom stereocenters. The van der Waals surface area contributed by atoms with Gasteiger partial charge in [-0.1, -0.05) is 18.2 Å². The van der Waals surface area contributed by atoms with E-state index in [9.17, 15) is 10.2 Å². The van der Waals surface area contributed by atoms with Crippen molar-refractivity contribution >= 4 is 0 Å². The van der Waals surface area contributed by atoms with Crippen LogP contribution in [0, 0.1) is 6.92 Å². The van der Waals surface area contributed by atoms with Crippen LogP contribution in [0.5, 0.6) is 0 Å². The number of fused-ring (bicyclic) bond motifs is 5. The van der Waals surface area contributed by atoms with Crippen molar-refractivity contribution in [1.82, 2.24) is 0 Å². The normalized spacial score (nSPS) is 28.4. The zero-order valence-corrected chi connectivity index (χ0v) is 7.99. The molecule has 2 nitrogen and oxygen atoms in total. The molecule has 0 saturated heterocycles. The van der Waals surface area contributed by atoms with Crippen molar-refractivity contribution in [3.63, 3.8) is 0 Å². The van der Waals surface area contributed by atoms with Crippen molar-refractivity contribution in [1.29, 1.82) is 0 Å². The lowest BCUT2D eigenvalue weighted by Gasteiger charge is -2.17. The molecule has 14 heavy (non-hydrogen) atoms. The minimum atomic E-state index is 0.0508. The fraction of sp³-hybridized carbons (Fsp3) is 0.333. The van der Waals surface area contributed by atoms with Crippen molar-refractivity contribution in [2.24, 2.45) is 0 Å². The third-order valence-corrected chi connectivity index (χ3v) is 3.48. The summed E-state index contributed by atoms with van der Waals surface area (Å²) in [6, 6.07) is 6.12. The first-order chi connectivity index (χ1) is 6.70. The van der Waals surface area contributed by atoms with Gasteiger partial charge in [-0.05, 0) is 30.0 Å². The summed E-state index contributed by atoms with van der Waals surface area (Å²) in [7, 11) is 0. The van der Waals surface area contributed by atoms with Crippen LogP contribution in [0.2, 0.25) is 0 Å². The molecule has 0 saturated carbocycles. The van der Waals surface area contributed by atoms with Crippen LogP contribution in [-0.2, 0) is 0 Å². The molecule has 2 aliphatic carbocycles. The van der Waals surface area contributed by atoms with Crippen molar-refractivity contribution < 1.29 is 10.2 Å². The molecule has 2 heteroatoms. The molecule has 2 N–H and O–H groups in total. The van der Waals surface area contributed by atoms with Gasteiger partial charge in [-0.3, -0.25) is 0 Å². The van der Waals surface area contributed by atoms with Crippen LogP contribution >= 0.6 is 0 Å². The fourth-order valence-corrected chi connectivity index (χ4v) is 2.83. The Morgan fingerprint density at radius 1 is 1.14 bits per heavy atom. The van der Waals surface area contributed by atoms with Gasteiger partial charge in [0.05, 0.1) is 0 Å². The van der Waals surface area contributed by atoms with E-state index in [0.717, 1.165) is 6.42 Å². The van der Waals surface area contributed by atoms with Gasteiger partial charge in [0.2, 0.25) is 0 Å². The van der Waals surface area contributed by atoms with Crippen LogP contribution in [0.15, 0.2) is 29.7 Å². The number of aryl methyl sites for hydroxylation is 1. The van der Waals surface area contributed by atoms with Gasteiger partial charge in [0, 0.05) is 11.8 Å². The molecule has 0 fully saturated rings. The molecule has 2 bridgehead atoms. The van der Waals surface area contributed by atoms with Crippen LogP contribution in [0.3, 0.4) is 0 Å². The van der Waals surface area contributed by atoms with Gasteiger partial charge in [-0.15, -0.1) is 0 Å². The third kappa shape index (κ3) is 0.722. The second kappa shape index (κ2) is 2.32. The van der Waals surface area contributed by atoms with Gasteiger partial charge >= 0.3 is 0 Å². The first kappa shape index (κ1) is 7.92. The Kier molecular flexibility index (Phi) is 1.31. The molecule has 0 aliphatic heterocycles. The number of aliphatic hydroxyl groups excluding tert-OH is 2. The summed E-state index contributed by atoms with van der Waals surface area (Å²) in [5, 5.41) is 19.3. The van der Waals surface area contributed by atoms with E-state index in [0.29, 0.717) is 0 Å². The predicted molar refractivity (Wildman–Crippen MR) is 53.6 cm³/mol. The maximum atomic E-state index is 9.69. The topological polar surface area (TPSA) is 40.5 Å². The standard InChI is InChI=1S/C12H12O2/c1-6-3-2-4-7-8-5-9(10(6)7)12(14)11(8)13/h2-4,8-9,13-14H,5H2,1H3. The summed E-state index contributed by atoms with van der Waals surface area (Å²) in [6.45, 7) is 2.06. The van der Waals surface area contributed by atoms with Crippen LogP contribution in [0.25, 0.3) is 0 Å². The summed E-state index contributed by atoms with van der Waals surface area (Å²) >= 11 is 0. The Morgan fingerprint density at radius 3 is 2.64 bits per heavy atom. The van der Waals surface area contributed by atoms with Crippen LogP contribution in [-0.4, -0.2) is 10.2 Å². The Labute approximate surface area is 82.5 Å². The summed E-state index contributed by atoms with van der Waals surface area (Å²) < 4.78 is 0. The van der Waals surface area contributed by atoms with Crippen molar-refractivity contribution in [3.8, 4) is 0 Å². The number of aliphatic hydroxyl groups is 2. The highest BCUT2D eigenvalue weighted by atomic mass is 16.3.